The third-order valence-electron chi connectivity index (χ3n) is 5.56. The van der Waals surface area contributed by atoms with Crippen molar-refractivity contribution in [2.45, 2.75) is 25.7 Å². The number of hydrogen-bond acceptors (Lipinski definition) is 5. The molecule has 6 nitrogen and oxygen atoms in total. The number of oxazole rings is 1. The molecule has 0 radical (unpaired) electrons. The fourth-order valence-corrected chi connectivity index (χ4v) is 4.14. The minimum Gasteiger partial charge on any atom is -0.423 e. The molecule has 1 atom stereocenters. The van der Waals surface area contributed by atoms with Gasteiger partial charge in [-0.05, 0) is 49.8 Å². The van der Waals surface area contributed by atoms with E-state index in [4.69, 9.17) is 16.0 Å². The molecule has 1 unspecified atom stereocenters. The van der Waals surface area contributed by atoms with E-state index in [1.807, 2.05) is 11.0 Å². The third-order valence-corrected chi connectivity index (χ3v) is 5.80. The Morgan fingerprint density at radius 2 is 2.08 bits per heavy atom. The van der Waals surface area contributed by atoms with Gasteiger partial charge in [0.25, 0.3) is 6.01 Å². The van der Waals surface area contributed by atoms with Crippen LogP contribution in [0.5, 0.6) is 0 Å². The molecule has 2 fully saturated rings. The van der Waals surface area contributed by atoms with Crippen molar-refractivity contribution >= 4 is 34.6 Å². The van der Waals surface area contributed by atoms with E-state index >= 15 is 0 Å². The maximum absolute atomic E-state index is 12.9. The maximum Gasteiger partial charge on any atom is 0.298 e. The van der Waals surface area contributed by atoms with Crippen LogP contribution in [0, 0.1) is 11.8 Å². The predicted molar refractivity (Wildman–Crippen MR) is 100 cm³/mol. The Hall–Kier alpha value is -1.79. The summed E-state index contributed by atoms with van der Waals surface area (Å²) in [6, 6.07) is 5.98. The summed E-state index contributed by atoms with van der Waals surface area (Å²) in [6.07, 6.45) is 3.64. The molecule has 140 valence electrons. The summed E-state index contributed by atoms with van der Waals surface area (Å²) in [5, 5.41) is 9.90. The number of carbonyl (C=O) groups is 1. The minimum absolute atomic E-state index is 0.0203. The first-order valence-corrected chi connectivity index (χ1v) is 9.72. The second-order valence-corrected chi connectivity index (χ2v) is 7.78. The summed E-state index contributed by atoms with van der Waals surface area (Å²) in [4.78, 5) is 21.5. The van der Waals surface area contributed by atoms with Gasteiger partial charge in [0.05, 0.1) is 5.92 Å². The lowest BCUT2D eigenvalue weighted by molar-refractivity contribution is -0.137. The van der Waals surface area contributed by atoms with E-state index in [9.17, 15) is 9.90 Å². The number of fused-ring (bicyclic) bond motifs is 1. The molecule has 1 amide bonds. The average Bonchev–Trinajstić information content (AvgIpc) is 3.11. The quantitative estimate of drug-likeness (QED) is 0.890. The Morgan fingerprint density at radius 1 is 1.27 bits per heavy atom. The molecule has 2 aliphatic heterocycles. The average molecular weight is 378 g/mol. The second kappa shape index (κ2) is 7.45. The summed E-state index contributed by atoms with van der Waals surface area (Å²) in [5.41, 5.74) is 1.45. The van der Waals surface area contributed by atoms with Crippen molar-refractivity contribution in [2.24, 2.45) is 11.8 Å². The first-order chi connectivity index (χ1) is 12.6. The van der Waals surface area contributed by atoms with Crippen LogP contribution in [0.25, 0.3) is 11.1 Å². The summed E-state index contributed by atoms with van der Waals surface area (Å²) in [5.74, 6) is 0.548. The number of aliphatic hydroxyl groups is 1. The van der Waals surface area contributed by atoms with Gasteiger partial charge in [-0.2, -0.15) is 4.98 Å². The molecule has 2 aliphatic rings. The van der Waals surface area contributed by atoms with Gasteiger partial charge in [0.2, 0.25) is 5.91 Å². The fourth-order valence-electron chi connectivity index (χ4n) is 3.97. The zero-order valence-electron chi connectivity index (χ0n) is 14.7. The number of aliphatic hydroxyl groups excluding tert-OH is 1. The molecule has 3 heterocycles. The highest BCUT2D eigenvalue weighted by Gasteiger charge is 2.32. The largest absolute Gasteiger partial charge is 0.423 e. The second-order valence-electron chi connectivity index (χ2n) is 7.34. The van der Waals surface area contributed by atoms with Crippen molar-refractivity contribution in [1.82, 2.24) is 9.88 Å². The first-order valence-electron chi connectivity index (χ1n) is 9.34. The van der Waals surface area contributed by atoms with Crippen molar-refractivity contribution in [3.8, 4) is 0 Å². The van der Waals surface area contributed by atoms with Crippen LogP contribution in [0.4, 0.5) is 6.01 Å². The molecule has 0 aliphatic carbocycles. The molecule has 2 saturated heterocycles. The number of aromatic nitrogens is 1. The van der Waals surface area contributed by atoms with Crippen LogP contribution in [0.3, 0.4) is 0 Å². The molecule has 26 heavy (non-hydrogen) atoms. The van der Waals surface area contributed by atoms with E-state index in [1.54, 1.807) is 12.1 Å². The number of piperidine rings is 2. The van der Waals surface area contributed by atoms with Crippen LogP contribution in [-0.4, -0.2) is 53.7 Å². The number of nitrogens with zero attached hydrogens (tertiary/aromatic N) is 3. The van der Waals surface area contributed by atoms with E-state index in [0.29, 0.717) is 29.1 Å². The van der Waals surface area contributed by atoms with Crippen LogP contribution < -0.4 is 4.90 Å². The van der Waals surface area contributed by atoms with Gasteiger partial charge in [-0.3, -0.25) is 4.79 Å². The number of anilines is 1. The molecule has 0 bridgehead atoms. The molecule has 1 N–H and O–H groups in total. The van der Waals surface area contributed by atoms with Gasteiger partial charge in [0.15, 0.2) is 5.58 Å². The highest BCUT2D eigenvalue weighted by molar-refractivity contribution is 6.31. The topological polar surface area (TPSA) is 69.8 Å². The molecule has 1 aromatic heterocycles. The number of carbonyl (C=O) groups excluding carboxylic acids is 1. The lowest BCUT2D eigenvalue weighted by Gasteiger charge is -2.37. The Morgan fingerprint density at radius 3 is 2.85 bits per heavy atom. The van der Waals surface area contributed by atoms with Crippen LogP contribution in [0.15, 0.2) is 22.6 Å². The number of halogens is 1. The van der Waals surface area contributed by atoms with Gasteiger partial charge in [-0.1, -0.05) is 11.6 Å². The number of hydrogen-bond donors (Lipinski definition) is 1. The smallest absolute Gasteiger partial charge is 0.298 e. The zero-order valence-corrected chi connectivity index (χ0v) is 15.5. The summed E-state index contributed by atoms with van der Waals surface area (Å²) in [6.45, 7) is 3.21. The number of benzene rings is 1. The Bertz CT molecular complexity index is 785. The monoisotopic (exact) mass is 377 g/mol. The SMILES string of the molecule is O=C(C1CCCN(c2nc3cc(Cl)ccc3o2)C1)N1CCC(CO)CC1. The summed E-state index contributed by atoms with van der Waals surface area (Å²) in [7, 11) is 0. The molecular weight excluding hydrogens is 354 g/mol. The third kappa shape index (κ3) is 3.53. The maximum atomic E-state index is 12.9. The molecule has 1 aromatic carbocycles. The number of likely N-dealkylation sites (tertiary alicyclic amines) is 1. The Kier molecular flexibility index (Phi) is 5.05. The summed E-state index contributed by atoms with van der Waals surface area (Å²) >= 11 is 6.02. The standard InChI is InChI=1S/C19H24ClN3O3/c20-15-3-4-17-16(10-15)21-19(26-17)23-7-1-2-14(11-23)18(25)22-8-5-13(12-24)6-9-22/h3-4,10,13-14,24H,1-2,5-9,11-12H2. The normalized spacial score (nSPS) is 22.2. The van der Waals surface area contributed by atoms with Gasteiger partial charge in [-0.15, -0.1) is 0 Å². The van der Waals surface area contributed by atoms with E-state index in [0.717, 1.165) is 50.8 Å². The lowest BCUT2D eigenvalue weighted by Crippen LogP contribution is -2.47. The Balaban J connectivity index is 1.44. The van der Waals surface area contributed by atoms with Crippen molar-refractivity contribution in [2.75, 3.05) is 37.7 Å². The molecular formula is C19H24ClN3O3. The highest BCUT2D eigenvalue weighted by atomic mass is 35.5. The van der Waals surface area contributed by atoms with Gasteiger partial charge in [0, 0.05) is 37.8 Å². The van der Waals surface area contributed by atoms with Crippen molar-refractivity contribution < 1.29 is 14.3 Å². The van der Waals surface area contributed by atoms with Crippen LogP contribution in [0.1, 0.15) is 25.7 Å². The number of rotatable bonds is 3. The van der Waals surface area contributed by atoms with Crippen LogP contribution in [0.2, 0.25) is 5.02 Å². The van der Waals surface area contributed by atoms with Gasteiger partial charge in [0.1, 0.15) is 5.52 Å². The molecule has 0 spiro atoms. The van der Waals surface area contributed by atoms with Crippen molar-refractivity contribution in [3.63, 3.8) is 0 Å². The zero-order chi connectivity index (χ0) is 18.1. The molecule has 4 rings (SSSR count). The van der Waals surface area contributed by atoms with Crippen LogP contribution in [-0.2, 0) is 4.79 Å². The fraction of sp³-hybridized carbons (Fsp3) is 0.579. The van der Waals surface area contributed by atoms with Crippen LogP contribution >= 0.6 is 11.6 Å². The molecule has 7 heteroatoms. The first kappa shape index (κ1) is 17.6. The van der Waals surface area contributed by atoms with Gasteiger partial charge < -0.3 is 19.3 Å². The predicted octanol–water partition coefficient (Wildman–Crippen LogP) is 2.93. The van der Waals surface area contributed by atoms with Gasteiger partial charge >= 0.3 is 0 Å². The van der Waals surface area contributed by atoms with E-state index in [1.165, 1.54) is 0 Å². The lowest BCUT2D eigenvalue weighted by atomic mass is 9.93. The van der Waals surface area contributed by atoms with E-state index in [-0.39, 0.29) is 18.4 Å². The highest BCUT2D eigenvalue weighted by Crippen LogP contribution is 2.29. The van der Waals surface area contributed by atoms with Gasteiger partial charge in [-0.25, -0.2) is 0 Å². The van der Waals surface area contributed by atoms with Crippen molar-refractivity contribution in [3.05, 3.63) is 23.2 Å². The molecule has 0 saturated carbocycles. The summed E-state index contributed by atoms with van der Waals surface area (Å²) < 4.78 is 5.87. The van der Waals surface area contributed by atoms with Crippen molar-refractivity contribution in [1.29, 1.82) is 0 Å². The molecule has 2 aromatic rings. The van der Waals surface area contributed by atoms with E-state index in [2.05, 4.69) is 9.88 Å². The Labute approximate surface area is 157 Å². The van der Waals surface area contributed by atoms with E-state index < -0.39 is 0 Å². The number of amides is 1. The minimum atomic E-state index is -0.0203.